The van der Waals surface area contributed by atoms with Crippen molar-refractivity contribution in [2.24, 2.45) is 17.8 Å². The number of ether oxygens (including phenoxy) is 3. The van der Waals surface area contributed by atoms with Crippen LogP contribution in [0.5, 0.6) is 0 Å². The van der Waals surface area contributed by atoms with Crippen molar-refractivity contribution in [3.63, 3.8) is 0 Å². The Morgan fingerprint density at radius 2 is 0.831 bits per heavy atom. The molecule has 29 heteroatoms. The van der Waals surface area contributed by atoms with Gasteiger partial charge in [-0.1, -0.05) is 0 Å². The van der Waals surface area contributed by atoms with E-state index in [1.165, 1.54) is 6.92 Å². The standard InChI is InChI=1S/C12H22NO8P.C9H16NO8P.C9H15O8P/c1-10(15)19-8-11(12(16)7-14)9-21-22(17,18)20-6-5-13(2,3)4;1-7(12)16-5-8(9(13)4-11)6-18-19(14,15)17-3-2-10;1-3-16-18(13,14)17-6-8(9(12)4-10)5-15-7(2)11/h7,11H,5-6,8-9H2,1-4H3;4,8H,2-3,5-6,10H2,1H3,(H,14,15);4,8H,3,5-6H2,1-2H3,(H,13,14)/p-1. The van der Waals surface area contributed by atoms with E-state index in [1.54, 1.807) is 0 Å². The van der Waals surface area contributed by atoms with Crippen LogP contribution < -0.4 is 20.4 Å². The van der Waals surface area contributed by atoms with E-state index in [-0.39, 0.29) is 45.2 Å². The van der Waals surface area contributed by atoms with Gasteiger partial charge < -0.3 is 66.3 Å². The highest BCUT2D eigenvalue weighted by Gasteiger charge is 2.25. The number of phosphoric ester groups is 3. The Hall–Kier alpha value is -3.32. The van der Waals surface area contributed by atoms with Gasteiger partial charge in [0, 0.05) is 20.8 Å². The topological polar surface area (TPSA) is 385 Å². The molecule has 0 fully saturated rings. The molecule has 342 valence electrons. The second kappa shape index (κ2) is 31.5. The molecule has 0 rings (SSSR count). The Labute approximate surface area is 339 Å². The van der Waals surface area contributed by atoms with Gasteiger partial charge in [0.05, 0.1) is 71.9 Å². The molecular weight excluding hydrogens is 865 g/mol. The quantitative estimate of drug-likeness (QED) is 0.0181. The maximum Gasteiger partial charge on any atom is 0.302 e. The van der Waals surface area contributed by atoms with E-state index in [9.17, 15) is 71.5 Å². The van der Waals surface area contributed by atoms with Crippen LogP contribution in [0.25, 0.3) is 0 Å². The fourth-order valence-electron chi connectivity index (χ4n) is 3.00. The highest BCUT2D eigenvalue weighted by Crippen LogP contribution is 2.40. The minimum atomic E-state index is -4.60. The highest BCUT2D eigenvalue weighted by molar-refractivity contribution is 7.46. The molecule has 0 radical (unpaired) electrons. The lowest BCUT2D eigenvalue weighted by atomic mass is 10.1. The van der Waals surface area contributed by atoms with E-state index in [0.29, 0.717) is 11.0 Å². The summed E-state index contributed by atoms with van der Waals surface area (Å²) >= 11 is 0. The number of quaternary nitrogens is 2. The number of ketones is 3. The number of Topliss-reactive ketones (excluding diaryl/α,β-unsaturated/α-hetero) is 3. The van der Waals surface area contributed by atoms with Gasteiger partial charge in [0.25, 0.3) is 23.5 Å². The van der Waals surface area contributed by atoms with E-state index in [2.05, 4.69) is 47.1 Å². The van der Waals surface area contributed by atoms with Crippen LogP contribution in [-0.2, 0) is 98.2 Å². The number of nitrogens with zero attached hydrogens (tertiary/aromatic N) is 1. The van der Waals surface area contributed by atoms with Crippen molar-refractivity contribution in [2.75, 3.05) is 93.7 Å². The lowest BCUT2D eigenvalue weighted by molar-refractivity contribution is -0.870. The average Bonchev–Trinajstić information content (AvgIpc) is 3.12. The number of likely N-dealkylation sites (N-methyl/N-ethyl adjacent to an activating group) is 1. The van der Waals surface area contributed by atoms with Crippen molar-refractivity contribution in [3.8, 4) is 0 Å². The Bertz CT molecular complexity index is 1520. The summed E-state index contributed by atoms with van der Waals surface area (Å²) in [6.45, 7) is 1.89. The van der Waals surface area contributed by atoms with Gasteiger partial charge in [-0.05, 0) is 6.92 Å². The first-order valence-corrected chi connectivity index (χ1v) is 21.3. The molecule has 0 aliphatic carbocycles. The van der Waals surface area contributed by atoms with Gasteiger partial charge in [-0.15, -0.1) is 0 Å². The molecule has 0 saturated carbocycles. The molecule has 0 amide bonds. The number of rotatable bonds is 30. The van der Waals surface area contributed by atoms with Crippen molar-refractivity contribution in [3.05, 3.63) is 0 Å². The Balaban J connectivity index is -0.000000802. The predicted octanol–water partition coefficient (Wildman–Crippen LogP) is -3.73. The van der Waals surface area contributed by atoms with Gasteiger partial charge in [0.15, 0.2) is 18.9 Å². The summed E-state index contributed by atoms with van der Waals surface area (Å²) in [6, 6.07) is 0. The van der Waals surface area contributed by atoms with Crippen LogP contribution >= 0.6 is 23.5 Å². The molecule has 0 aromatic heterocycles. The summed E-state index contributed by atoms with van der Waals surface area (Å²) in [5.41, 5.74) is 3.38. The lowest BCUT2D eigenvalue weighted by Crippen LogP contribution is -2.52. The minimum Gasteiger partial charge on any atom is -0.756 e. The fraction of sp³-hybridized carbons (Fsp3) is 0.700. The van der Waals surface area contributed by atoms with Crippen LogP contribution in [0.1, 0.15) is 27.7 Å². The Morgan fingerprint density at radius 3 is 1.07 bits per heavy atom. The zero-order valence-corrected chi connectivity index (χ0v) is 36.2. The number of esters is 3. The smallest absolute Gasteiger partial charge is 0.302 e. The number of carbonyl (C=O) groups is 9. The van der Waals surface area contributed by atoms with Crippen molar-refractivity contribution in [2.45, 2.75) is 27.7 Å². The Kier molecular flexibility index (Phi) is 32.1. The van der Waals surface area contributed by atoms with Crippen molar-refractivity contribution >= 4 is 77.6 Å². The molecule has 26 nitrogen and oxygen atoms in total. The first-order valence-electron chi connectivity index (χ1n) is 16.9. The van der Waals surface area contributed by atoms with Crippen molar-refractivity contribution < 1.29 is 123 Å². The molecule has 0 heterocycles. The summed E-state index contributed by atoms with van der Waals surface area (Å²) in [4.78, 5) is 130. The molecule has 59 heavy (non-hydrogen) atoms. The number of hydrogen-bond donors (Lipinski definition) is 1. The van der Waals surface area contributed by atoms with Crippen LogP contribution in [0.3, 0.4) is 0 Å². The third-order valence-corrected chi connectivity index (χ3v) is 8.98. The largest absolute Gasteiger partial charge is 0.756 e. The molecule has 0 aromatic rings. The first-order chi connectivity index (χ1) is 27.1. The summed E-state index contributed by atoms with van der Waals surface area (Å²) in [5.74, 6) is -8.31. The zero-order valence-electron chi connectivity index (χ0n) is 33.5. The van der Waals surface area contributed by atoms with Gasteiger partial charge in [0.2, 0.25) is 17.3 Å². The van der Waals surface area contributed by atoms with Gasteiger partial charge in [-0.25, -0.2) is 0 Å². The van der Waals surface area contributed by atoms with Gasteiger partial charge >= 0.3 is 17.9 Å². The van der Waals surface area contributed by atoms with Crippen LogP contribution in [0.15, 0.2) is 0 Å². The van der Waals surface area contributed by atoms with Crippen LogP contribution in [0.4, 0.5) is 0 Å². The van der Waals surface area contributed by atoms with Crippen LogP contribution in [0, 0.1) is 17.8 Å². The Morgan fingerprint density at radius 1 is 0.542 bits per heavy atom. The predicted molar refractivity (Wildman–Crippen MR) is 188 cm³/mol. The van der Waals surface area contributed by atoms with E-state index >= 15 is 0 Å². The molecule has 6 unspecified atom stereocenters. The maximum atomic E-state index is 11.5. The minimum absolute atomic E-state index is 0.00404. The molecule has 6 atom stereocenters. The molecule has 0 aliphatic rings. The van der Waals surface area contributed by atoms with Crippen LogP contribution in [0.2, 0.25) is 0 Å². The summed E-state index contributed by atoms with van der Waals surface area (Å²) in [5, 5.41) is 0. The van der Waals surface area contributed by atoms with Gasteiger partial charge in [-0.3, -0.25) is 56.8 Å². The molecule has 0 bridgehead atoms. The number of carbonyl (C=O) groups excluding carboxylic acids is 9. The highest BCUT2D eigenvalue weighted by atomic mass is 31.2. The van der Waals surface area contributed by atoms with E-state index < -0.39 is 116 Å². The second-order valence-corrected chi connectivity index (χ2v) is 16.5. The summed E-state index contributed by atoms with van der Waals surface area (Å²) in [7, 11) is -8.08. The van der Waals surface area contributed by atoms with Gasteiger partial charge in [0.1, 0.15) is 39.6 Å². The second-order valence-electron chi connectivity index (χ2n) is 12.2. The number of aldehydes is 3. The fourth-order valence-corrected chi connectivity index (χ4v) is 5.28. The third kappa shape index (κ3) is 36.3. The third-order valence-electron chi connectivity index (χ3n) is 6.01. The normalized spacial score (nSPS) is 15.5. The van der Waals surface area contributed by atoms with E-state index in [1.807, 2.05) is 21.1 Å². The van der Waals surface area contributed by atoms with Gasteiger partial charge in [-0.2, -0.15) is 0 Å². The SMILES string of the molecule is CC(=O)OCC(COP(=O)([O-])OCC[N+](C)(C)C)C(=O)C=O.CC(=O)OCC(COP(=O)([O-])OCC[NH3+])C(=O)C=O.CCOP(=O)([O-])OCC(COC(C)=O)C(=O)C=O. The summed E-state index contributed by atoms with van der Waals surface area (Å²) < 4.78 is 74.6. The monoisotopic (exact) mass is 917 g/mol. The molecule has 0 aliphatic heterocycles. The summed E-state index contributed by atoms with van der Waals surface area (Å²) in [6.07, 6.45) is 0.0309. The first kappa shape index (κ1) is 60.0. The number of phosphoric acid groups is 3. The molecule has 0 aromatic carbocycles. The average molecular weight is 918 g/mol. The molecule has 3 N–H and O–H groups in total. The van der Waals surface area contributed by atoms with Crippen LogP contribution in [-0.4, -0.2) is 152 Å². The molecule has 0 spiro atoms. The molecular formula is C30H52N2O24P3-. The lowest BCUT2D eigenvalue weighted by Gasteiger charge is -2.27. The maximum absolute atomic E-state index is 11.5. The van der Waals surface area contributed by atoms with Crippen molar-refractivity contribution in [1.82, 2.24) is 0 Å². The zero-order chi connectivity index (χ0) is 46.5. The van der Waals surface area contributed by atoms with E-state index in [0.717, 1.165) is 20.8 Å². The molecule has 0 saturated heterocycles. The van der Waals surface area contributed by atoms with E-state index in [4.69, 9.17) is 0 Å². The number of hydrogen-bond acceptors (Lipinski definition) is 24. The van der Waals surface area contributed by atoms with Crippen molar-refractivity contribution in [1.29, 1.82) is 0 Å².